The van der Waals surface area contributed by atoms with Crippen molar-refractivity contribution in [3.05, 3.63) is 17.3 Å². The fourth-order valence-electron chi connectivity index (χ4n) is 6.39. The fraction of sp³-hybridized carbons (Fsp3) is 0.731. The molecule has 5 rings (SSSR count). The van der Waals surface area contributed by atoms with Gasteiger partial charge in [0.25, 0.3) is 0 Å². The summed E-state index contributed by atoms with van der Waals surface area (Å²) >= 11 is 1.06. The first-order valence-corrected chi connectivity index (χ1v) is 13.8. The average molecular weight is 558 g/mol. The van der Waals surface area contributed by atoms with Crippen LogP contribution in [0.25, 0.3) is 10.2 Å². The molecule has 3 saturated heterocycles. The molecule has 0 saturated carbocycles. The molecule has 38 heavy (non-hydrogen) atoms. The van der Waals surface area contributed by atoms with E-state index in [4.69, 9.17) is 4.74 Å². The van der Waals surface area contributed by atoms with Crippen molar-refractivity contribution in [3.63, 3.8) is 0 Å². The summed E-state index contributed by atoms with van der Waals surface area (Å²) in [7, 11) is 0. The van der Waals surface area contributed by atoms with E-state index in [0.29, 0.717) is 22.6 Å². The van der Waals surface area contributed by atoms with E-state index in [1.807, 2.05) is 13.8 Å². The van der Waals surface area contributed by atoms with Crippen LogP contribution in [0, 0.1) is 11.3 Å². The Morgan fingerprint density at radius 3 is 2.42 bits per heavy atom. The highest BCUT2D eigenvalue weighted by Gasteiger charge is 2.59. The monoisotopic (exact) mass is 557 g/mol. The van der Waals surface area contributed by atoms with E-state index < -0.39 is 30.0 Å². The number of likely N-dealkylation sites (tertiary alicyclic amines) is 2. The maximum Gasteiger partial charge on any atom is 0.410 e. The number of carbonyl (C=O) groups is 1. The van der Waals surface area contributed by atoms with Gasteiger partial charge in [-0.2, -0.15) is 13.2 Å². The van der Waals surface area contributed by atoms with Crippen molar-refractivity contribution in [1.29, 1.82) is 0 Å². The Morgan fingerprint density at radius 1 is 1.13 bits per heavy atom. The standard InChI is InChI=1S/C26H35F4N5O2S/c1-16(2)19(25(27)13-35(14-25)22(36)37-23(3,4)5)34-11-24(12-34)6-7-33(10-24)20-18-8-17(9-26(28,29)30)38-21(18)32-15-31-20/h8,15-16,19H,6-7,9-14H2,1-5H3. The molecule has 0 radical (unpaired) electrons. The van der Waals surface area contributed by atoms with Gasteiger partial charge < -0.3 is 14.5 Å². The van der Waals surface area contributed by atoms with Gasteiger partial charge in [-0.15, -0.1) is 11.3 Å². The number of amides is 1. The first-order valence-electron chi connectivity index (χ1n) is 13.0. The van der Waals surface area contributed by atoms with Gasteiger partial charge in [0.15, 0.2) is 5.67 Å². The van der Waals surface area contributed by atoms with Gasteiger partial charge in [-0.25, -0.2) is 19.2 Å². The van der Waals surface area contributed by atoms with Crippen LogP contribution in [0.5, 0.6) is 0 Å². The lowest BCUT2D eigenvalue weighted by molar-refractivity contribution is -0.142. The van der Waals surface area contributed by atoms with Gasteiger partial charge >= 0.3 is 12.3 Å². The minimum Gasteiger partial charge on any atom is -0.444 e. The fourth-order valence-corrected chi connectivity index (χ4v) is 7.41. The summed E-state index contributed by atoms with van der Waals surface area (Å²) in [5.74, 6) is 0.736. The lowest BCUT2D eigenvalue weighted by Gasteiger charge is -2.59. The number of rotatable bonds is 5. The van der Waals surface area contributed by atoms with Gasteiger partial charge in [-0.05, 0) is 39.2 Å². The summed E-state index contributed by atoms with van der Waals surface area (Å²) in [5.41, 5.74) is -2.13. The number of fused-ring (bicyclic) bond motifs is 1. The van der Waals surface area contributed by atoms with Crippen molar-refractivity contribution >= 4 is 33.5 Å². The van der Waals surface area contributed by atoms with E-state index in [-0.39, 0.29) is 35.3 Å². The Labute approximate surface area is 224 Å². The number of carbonyl (C=O) groups excluding carboxylic acids is 1. The first-order chi connectivity index (χ1) is 17.6. The molecule has 3 fully saturated rings. The SMILES string of the molecule is CC(C)C(N1CC2(CCN(c3ncnc4sc(CC(F)(F)F)cc34)C2)C1)C1(F)CN(C(=O)OC(C)(C)C)C1. The summed E-state index contributed by atoms with van der Waals surface area (Å²) in [6, 6.07) is 1.25. The van der Waals surface area contributed by atoms with Crippen molar-refractivity contribution in [2.45, 2.75) is 70.9 Å². The minimum absolute atomic E-state index is 0.0137. The molecule has 0 bridgehead atoms. The first kappa shape index (κ1) is 27.4. The van der Waals surface area contributed by atoms with E-state index in [2.05, 4.69) is 19.8 Å². The molecule has 1 atom stereocenters. The molecule has 210 valence electrons. The smallest absolute Gasteiger partial charge is 0.410 e. The summed E-state index contributed by atoms with van der Waals surface area (Å²) in [6.07, 6.45) is -3.41. The molecule has 0 N–H and O–H groups in total. The minimum atomic E-state index is -4.27. The van der Waals surface area contributed by atoms with Crippen LogP contribution in [0.4, 0.5) is 28.2 Å². The number of halogens is 4. The molecular weight excluding hydrogens is 522 g/mol. The van der Waals surface area contributed by atoms with E-state index in [1.54, 1.807) is 26.8 Å². The molecule has 12 heteroatoms. The molecule has 0 aliphatic carbocycles. The largest absolute Gasteiger partial charge is 0.444 e. The van der Waals surface area contributed by atoms with Crippen LogP contribution in [0.2, 0.25) is 0 Å². The van der Waals surface area contributed by atoms with Gasteiger partial charge in [-0.1, -0.05) is 13.8 Å². The van der Waals surface area contributed by atoms with Crippen molar-refractivity contribution < 1.29 is 27.1 Å². The Kier molecular flexibility index (Phi) is 6.61. The molecule has 2 aromatic heterocycles. The topological polar surface area (TPSA) is 61.8 Å². The molecule has 1 spiro atoms. The number of thiophene rings is 1. The van der Waals surface area contributed by atoms with Crippen LogP contribution in [0.3, 0.4) is 0 Å². The average Bonchev–Trinajstić information content (AvgIpc) is 3.32. The second-order valence-corrected chi connectivity index (χ2v) is 13.7. The van der Waals surface area contributed by atoms with E-state index in [9.17, 15) is 18.0 Å². The second kappa shape index (κ2) is 9.18. The summed E-state index contributed by atoms with van der Waals surface area (Å²) in [5, 5.41) is 0.657. The van der Waals surface area contributed by atoms with Crippen molar-refractivity contribution in [2.75, 3.05) is 44.2 Å². The third-order valence-corrected chi connectivity index (χ3v) is 8.71. The molecule has 2 aromatic rings. The van der Waals surface area contributed by atoms with Gasteiger partial charge in [-0.3, -0.25) is 4.90 Å². The molecular formula is C26H35F4N5O2S. The van der Waals surface area contributed by atoms with E-state index in [1.165, 1.54) is 11.2 Å². The van der Waals surface area contributed by atoms with Gasteiger partial charge in [0.1, 0.15) is 22.6 Å². The lowest BCUT2D eigenvalue weighted by Crippen LogP contribution is -2.75. The van der Waals surface area contributed by atoms with Crippen LogP contribution >= 0.6 is 11.3 Å². The zero-order chi connectivity index (χ0) is 27.7. The van der Waals surface area contributed by atoms with Crippen LogP contribution in [0.1, 0.15) is 45.9 Å². The number of hydrogen-bond acceptors (Lipinski definition) is 7. The Morgan fingerprint density at radius 2 is 1.82 bits per heavy atom. The van der Waals surface area contributed by atoms with E-state index >= 15 is 4.39 Å². The Hall–Kier alpha value is -2.21. The number of nitrogens with zero attached hydrogens (tertiary/aromatic N) is 5. The molecule has 7 nitrogen and oxygen atoms in total. The quantitative estimate of drug-likeness (QED) is 0.466. The van der Waals surface area contributed by atoms with Crippen LogP contribution < -0.4 is 4.90 Å². The molecule has 1 unspecified atom stereocenters. The van der Waals surface area contributed by atoms with Gasteiger partial charge in [0.05, 0.1) is 24.9 Å². The molecule has 1 amide bonds. The number of hydrogen-bond donors (Lipinski definition) is 0. The predicted molar refractivity (Wildman–Crippen MR) is 138 cm³/mol. The normalized spacial score (nSPS) is 22.2. The highest BCUT2D eigenvalue weighted by atomic mass is 32.1. The van der Waals surface area contributed by atoms with Crippen LogP contribution in [-0.2, 0) is 11.2 Å². The molecule has 3 aliphatic rings. The highest BCUT2D eigenvalue weighted by Crippen LogP contribution is 2.47. The van der Waals surface area contributed by atoms with Crippen LogP contribution in [0.15, 0.2) is 12.4 Å². The summed E-state index contributed by atoms with van der Waals surface area (Å²) in [4.78, 5) is 27.5. The van der Waals surface area contributed by atoms with E-state index in [0.717, 1.165) is 37.4 Å². The summed E-state index contributed by atoms with van der Waals surface area (Å²) < 4.78 is 60.2. The second-order valence-electron chi connectivity index (χ2n) is 12.6. The van der Waals surface area contributed by atoms with Gasteiger partial charge in [0.2, 0.25) is 0 Å². The molecule has 0 aromatic carbocycles. The third kappa shape index (κ3) is 5.30. The zero-order valence-electron chi connectivity index (χ0n) is 22.4. The highest BCUT2D eigenvalue weighted by molar-refractivity contribution is 7.18. The zero-order valence-corrected chi connectivity index (χ0v) is 23.3. The number of anilines is 1. The maximum atomic E-state index is 16.1. The van der Waals surface area contributed by atoms with Crippen LogP contribution in [-0.4, -0.2) is 88.6 Å². The Bertz CT molecular complexity index is 1200. The Balaban J connectivity index is 1.24. The number of alkyl halides is 4. The molecule has 5 heterocycles. The van der Waals surface area contributed by atoms with Crippen molar-refractivity contribution in [1.82, 2.24) is 19.8 Å². The van der Waals surface area contributed by atoms with Crippen molar-refractivity contribution in [2.24, 2.45) is 11.3 Å². The van der Waals surface area contributed by atoms with Crippen molar-refractivity contribution in [3.8, 4) is 0 Å². The number of ether oxygens (including phenoxy) is 1. The lowest BCUT2D eigenvalue weighted by atomic mass is 9.72. The van der Waals surface area contributed by atoms with Gasteiger partial charge in [0, 0.05) is 42.5 Å². The maximum absolute atomic E-state index is 16.1. The predicted octanol–water partition coefficient (Wildman–Crippen LogP) is 5.29. The molecule has 3 aliphatic heterocycles. The number of aromatic nitrogens is 2. The summed E-state index contributed by atoms with van der Waals surface area (Å²) in [6.45, 7) is 12.4. The third-order valence-electron chi connectivity index (χ3n) is 7.66.